The van der Waals surface area contributed by atoms with E-state index in [0.717, 1.165) is 24.7 Å². The summed E-state index contributed by atoms with van der Waals surface area (Å²) >= 11 is 0. The molecule has 0 atom stereocenters. The normalized spacial score (nSPS) is 29.0. The maximum Gasteiger partial charge on any atom is 0.0409 e. The van der Waals surface area contributed by atoms with Gasteiger partial charge in [-0.1, -0.05) is 45.0 Å². The molecule has 21 heavy (non-hydrogen) atoms. The fourth-order valence-electron chi connectivity index (χ4n) is 4.23. The lowest BCUT2D eigenvalue weighted by Crippen LogP contribution is -2.43. The molecule has 0 radical (unpaired) electrons. The topological polar surface area (TPSA) is 26.0 Å². The molecule has 1 aromatic carbocycles. The van der Waals surface area contributed by atoms with E-state index in [2.05, 4.69) is 45.0 Å². The van der Waals surface area contributed by atoms with Crippen LogP contribution in [0.2, 0.25) is 0 Å². The average Bonchev–Trinajstić information content (AvgIpc) is 2.44. The molecule has 2 aliphatic carbocycles. The van der Waals surface area contributed by atoms with Gasteiger partial charge in [-0.2, -0.15) is 0 Å². The van der Waals surface area contributed by atoms with Gasteiger partial charge in [0.1, 0.15) is 0 Å². The molecule has 0 aliphatic heterocycles. The Hall–Kier alpha value is -0.820. The second kappa shape index (κ2) is 5.43. The summed E-state index contributed by atoms with van der Waals surface area (Å²) in [5.41, 5.74) is 9.77. The SMILES string of the molecule is CC(C)(C)C1CCC(c2ccc(C3(N)CCC3)cc2)CC1. The quantitative estimate of drug-likeness (QED) is 0.779. The second-order valence-corrected chi connectivity index (χ2v) is 8.55. The minimum Gasteiger partial charge on any atom is -0.321 e. The van der Waals surface area contributed by atoms with Crippen molar-refractivity contribution in [3.05, 3.63) is 35.4 Å². The van der Waals surface area contributed by atoms with Crippen LogP contribution in [0.3, 0.4) is 0 Å². The number of hydrogen-bond acceptors (Lipinski definition) is 1. The van der Waals surface area contributed by atoms with E-state index in [-0.39, 0.29) is 5.54 Å². The zero-order chi connectivity index (χ0) is 15.1. The summed E-state index contributed by atoms with van der Waals surface area (Å²) in [6, 6.07) is 9.30. The Morgan fingerprint density at radius 3 is 1.95 bits per heavy atom. The van der Waals surface area contributed by atoms with E-state index in [1.807, 2.05) is 0 Å². The lowest BCUT2D eigenvalue weighted by atomic mass is 9.68. The van der Waals surface area contributed by atoms with Gasteiger partial charge in [0.05, 0.1) is 0 Å². The third-order valence-electron chi connectivity index (χ3n) is 6.15. The largest absolute Gasteiger partial charge is 0.321 e. The fraction of sp³-hybridized carbons (Fsp3) is 0.700. The lowest BCUT2D eigenvalue weighted by molar-refractivity contribution is 0.169. The third kappa shape index (κ3) is 3.04. The van der Waals surface area contributed by atoms with Crippen LogP contribution >= 0.6 is 0 Å². The summed E-state index contributed by atoms with van der Waals surface area (Å²) in [4.78, 5) is 0. The highest BCUT2D eigenvalue weighted by Gasteiger charge is 2.34. The van der Waals surface area contributed by atoms with Crippen LogP contribution in [0.15, 0.2) is 24.3 Å². The Morgan fingerprint density at radius 1 is 0.952 bits per heavy atom. The Morgan fingerprint density at radius 2 is 1.52 bits per heavy atom. The summed E-state index contributed by atoms with van der Waals surface area (Å²) < 4.78 is 0. The predicted molar refractivity (Wildman–Crippen MR) is 90.3 cm³/mol. The zero-order valence-electron chi connectivity index (χ0n) is 14.0. The molecule has 3 rings (SSSR count). The summed E-state index contributed by atoms with van der Waals surface area (Å²) in [7, 11) is 0. The third-order valence-corrected chi connectivity index (χ3v) is 6.15. The molecule has 2 N–H and O–H groups in total. The lowest BCUT2D eigenvalue weighted by Gasteiger charge is -2.39. The van der Waals surface area contributed by atoms with Gasteiger partial charge in [-0.15, -0.1) is 0 Å². The van der Waals surface area contributed by atoms with Crippen LogP contribution in [0.4, 0.5) is 0 Å². The van der Waals surface area contributed by atoms with Crippen LogP contribution in [0, 0.1) is 11.3 Å². The van der Waals surface area contributed by atoms with Crippen molar-refractivity contribution in [3.63, 3.8) is 0 Å². The van der Waals surface area contributed by atoms with Crippen molar-refractivity contribution in [1.82, 2.24) is 0 Å². The Bertz CT molecular complexity index is 468. The van der Waals surface area contributed by atoms with E-state index >= 15 is 0 Å². The molecule has 0 heterocycles. The molecule has 0 bridgehead atoms. The van der Waals surface area contributed by atoms with Gasteiger partial charge in [0.2, 0.25) is 0 Å². The first kappa shape index (κ1) is 15.1. The molecule has 0 saturated heterocycles. The van der Waals surface area contributed by atoms with Gasteiger partial charge in [0, 0.05) is 5.54 Å². The first-order chi connectivity index (χ1) is 9.88. The molecule has 0 unspecified atom stereocenters. The number of rotatable bonds is 2. The molecule has 1 nitrogen and oxygen atoms in total. The van der Waals surface area contributed by atoms with Gasteiger partial charge in [0.25, 0.3) is 0 Å². The highest BCUT2D eigenvalue weighted by Crippen LogP contribution is 2.44. The van der Waals surface area contributed by atoms with Crippen molar-refractivity contribution in [1.29, 1.82) is 0 Å². The van der Waals surface area contributed by atoms with E-state index in [1.54, 1.807) is 0 Å². The maximum absolute atomic E-state index is 6.42. The molecular weight excluding hydrogens is 254 g/mol. The van der Waals surface area contributed by atoms with Crippen molar-refractivity contribution in [2.24, 2.45) is 17.1 Å². The van der Waals surface area contributed by atoms with E-state index in [1.165, 1.54) is 43.2 Å². The molecule has 1 aromatic rings. The molecule has 116 valence electrons. The number of benzene rings is 1. The monoisotopic (exact) mass is 285 g/mol. The van der Waals surface area contributed by atoms with Crippen LogP contribution in [-0.2, 0) is 5.54 Å². The van der Waals surface area contributed by atoms with E-state index in [4.69, 9.17) is 5.73 Å². The summed E-state index contributed by atoms with van der Waals surface area (Å²) in [5.74, 6) is 1.67. The van der Waals surface area contributed by atoms with Crippen molar-refractivity contribution in [3.8, 4) is 0 Å². The van der Waals surface area contributed by atoms with Crippen molar-refractivity contribution < 1.29 is 0 Å². The number of nitrogens with two attached hydrogens (primary N) is 1. The molecule has 0 aromatic heterocycles. The highest BCUT2D eigenvalue weighted by molar-refractivity contribution is 5.31. The Balaban J connectivity index is 1.63. The molecule has 0 spiro atoms. The summed E-state index contributed by atoms with van der Waals surface area (Å²) in [6.45, 7) is 7.18. The zero-order valence-corrected chi connectivity index (χ0v) is 14.0. The number of hydrogen-bond donors (Lipinski definition) is 1. The summed E-state index contributed by atoms with van der Waals surface area (Å²) in [6.07, 6.45) is 9.08. The van der Waals surface area contributed by atoms with Crippen LogP contribution in [-0.4, -0.2) is 0 Å². The van der Waals surface area contributed by atoms with Gasteiger partial charge in [-0.05, 0) is 73.3 Å². The van der Waals surface area contributed by atoms with Crippen molar-refractivity contribution in [2.75, 3.05) is 0 Å². The van der Waals surface area contributed by atoms with Crippen molar-refractivity contribution >= 4 is 0 Å². The Kier molecular flexibility index (Phi) is 3.90. The van der Waals surface area contributed by atoms with Gasteiger partial charge >= 0.3 is 0 Å². The van der Waals surface area contributed by atoms with Gasteiger partial charge in [-0.3, -0.25) is 0 Å². The Labute approximate surface area is 130 Å². The smallest absolute Gasteiger partial charge is 0.0409 e. The highest BCUT2D eigenvalue weighted by atomic mass is 14.8. The van der Waals surface area contributed by atoms with Crippen LogP contribution in [0.25, 0.3) is 0 Å². The molecule has 2 fully saturated rings. The molecule has 2 saturated carbocycles. The molecular formula is C20H31N. The average molecular weight is 285 g/mol. The van der Waals surface area contributed by atoms with Crippen molar-refractivity contribution in [2.45, 2.75) is 77.2 Å². The predicted octanol–water partition coefficient (Wildman–Crippen LogP) is 5.34. The summed E-state index contributed by atoms with van der Waals surface area (Å²) in [5, 5.41) is 0. The minimum atomic E-state index is -0.0115. The second-order valence-electron chi connectivity index (χ2n) is 8.55. The fourth-order valence-corrected chi connectivity index (χ4v) is 4.23. The van der Waals surface area contributed by atoms with E-state index in [0.29, 0.717) is 5.41 Å². The van der Waals surface area contributed by atoms with Crippen LogP contribution in [0.1, 0.15) is 82.8 Å². The molecule has 2 aliphatic rings. The molecule has 1 heteroatoms. The first-order valence-electron chi connectivity index (χ1n) is 8.78. The molecule has 0 amide bonds. The van der Waals surface area contributed by atoms with Crippen LogP contribution in [0.5, 0.6) is 0 Å². The van der Waals surface area contributed by atoms with Gasteiger partial charge in [-0.25, -0.2) is 0 Å². The van der Waals surface area contributed by atoms with E-state index in [9.17, 15) is 0 Å². The standard InChI is InChI=1S/C20H31N/c1-19(2,3)17-9-5-15(6-10-17)16-7-11-18(12-8-16)20(21)13-4-14-20/h7-8,11-12,15,17H,4-6,9-10,13-14,21H2,1-3H3. The van der Waals surface area contributed by atoms with E-state index < -0.39 is 0 Å². The minimum absolute atomic E-state index is 0.0115. The first-order valence-corrected chi connectivity index (χ1v) is 8.78. The maximum atomic E-state index is 6.42. The van der Waals surface area contributed by atoms with Gasteiger partial charge in [0.15, 0.2) is 0 Å². The van der Waals surface area contributed by atoms with Gasteiger partial charge < -0.3 is 5.73 Å². The van der Waals surface area contributed by atoms with Crippen LogP contribution < -0.4 is 5.73 Å².